The molecule has 0 bridgehead atoms. The lowest BCUT2D eigenvalue weighted by Gasteiger charge is -2.25. The summed E-state index contributed by atoms with van der Waals surface area (Å²) in [5.41, 5.74) is 2.71. The number of hydrogen-bond acceptors (Lipinski definition) is 3. The standard InChI is InChI=1S/C17H19N3O3/c1-10(21)11-8-15(20(2)9-11)17(23)19-14-5-3-4-13-12(14)6-7-16(22)18-13/h6-9,14H,3-5H2,1-2H3,(H,18,22)(H,19,23). The van der Waals surface area contributed by atoms with Crippen molar-refractivity contribution in [2.45, 2.75) is 32.2 Å². The van der Waals surface area contributed by atoms with E-state index in [0.717, 1.165) is 30.5 Å². The fraction of sp³-hybridized carbons (Fsp3) is 0.353. The van der Waals surface area contributed by atoms with E-state index in [1.807, 2.05) is 0 Å². The summed E-state index contributed by atoms with van der Waals surface area (Å²) in [5, 5.41) is 3.01. The summed E-state index contributed by atoms with van der Waals surface area (Å²) in [7, 11) is 1.74. The molecule has 1 aliphatic carbocycles. The molecule has 0 aliphatic heterocycles. The number of nitrogens with one attached hydrogen (secondary N) is 2. The molecule has 1 unspecified atom stereocenters. The molecule has 1 amide bonds. The van der Waals surface area contributed by atoms with Crippen LogP contribution in [0.15, 0.2) is 29.2 Å². The van der Waals surface area contributed by atoms with Crippen LogP contribution in [-0.2, 0) is 13.5 Å². The Morgan fingerprint density at radius 3 is 2.83 bits per heavy atom. The zero-order valence-corrected chi connectivity index (χ0v) is 13.2. The van der Waals surface area contributed by atoms with Crippen molar-refractivity contribution in [1.82, 2.24) is 14.9 Å². The molecule has 0 aromatic carbocycles. The number of rotatable bonds is 3. The SMILES string of the molecule is CC(=O)c1cc(C(=O)NC2CCCc3[nH]c(=O)ccc32)n(C)c1. The first kappa shape index (κ1) is 15.3. The van der Waals surface area contributed by atoms with Gasteiger partial charge in [-0.2, -0.15) is 0 Å². The van der Waals surface area contributed by atoms with Crippen LogP contribution in [0.4, 0.5) is 0 Å². The highest BCUT2D eigenvalue weighted by Gasteiger charge is 2.24. The Morgan fingerprint density at radius 1 is 1.35 bits per heavy atom. The molecule has 0 saturated heterocycles. The highest BCUT2D eigenvalue weighted by Crippen LogP contribution is 2.27. The summed E-state index contributed by atoms with van der Waals surface area (Å²) >= 11 is 0. The number of nitrogens with zero attached hydrogens (tertiary/aromatic N) is 1. The predicted octanol–water partition coefficient (Wildman–Crippen LogP) is 1.72. The number of ketones is 1. The monoisotopic (exact) mass is 313 g/mol. The summed E-state index contributed by atoms with van der Waals surface area (Å²) in [5.74, 6) is -0.288. The van der Waals surface area contributed by atoms with E-state index in [4.69, 9.17) is 0 Å². The van der Waals surface area contributed by atoms with Crippen molar-refractivity contribution in [3.05, 3.63) is 57.3 Å². The van der Waals surface area contributed by atoms with Gasteiger partial charge in [-0.15, -0.1) is 0 Å². The van der Waals surface area contributed by atoms with Gasteiger partial charge in [0.05, 0.1) is 6.04 Å². The normalized spacial score (nSPS) is 16.7. The van der Waals surface area contributed by atoms with Crippen molar-refractivity contribution in [3.8, 4) is 0 Å². The van der Waals surface area contributed by atoms with Crippen LogP contribution in [0.5, 0.6) is 0 Å². The highest BCUT2D eigenvalue weighted by molar-refractivity contribution is 5.99. The van der Waals surface area contributed by atoms with Crippen LogP contribution in [0, 0.1) is 0 Å². The van der Waals surface area contributed by atoms with Crippen molar-refractivity contribution < 1.29 is 9.59 Å². The van der Waals surface area contributed by atoms with Crippen LogP contribution in [-0.4, -0.2) is 21.2 Å². The van der Waals surface area contributed by atoms with Crippen LogP contribution in [0.25, 0.3) is 0 Å². The van der Waals surface area contributed by atoms with Crippen molar-refractivity contribution in [2.24, 2.45) is 7.05 Å². The second kappa shape index (κ2) is 5.87. The quantitative estimate of drug-likeness (QED) is 0.846. The summed E-state index contributed by atoms with van der Waals surface area (Å²) in [6.45, 7) is 1.48. The molecule has 2 aromatic rings. The molecular weight excluding hydrogens is 294 g/mol. The number of aromatic nitrogens is 2. The van der Waals surface area contributed by atoms with Gasteiger partial charge >= 0.3 is 0 Å². The smallest absolute Gasteiger partial charge is 0.268 e. The minimum absolute atomic E-state index is 0.0692. The number of carbonyl (C=O) groups is 2. The minimum Gasteiger partial charge on any atom is -0.346 e. The molecule has 3 rings (SSSR count). The maximum atomic E-state index is 12.5. The lowest BCUT2D eigenvalue weighted by Crippen LogP contribution is -2.33. The van der Waals surface area contributed by atoms with Crippen LogP contribution in [0.3, 0.4) is 0 Å². The van der Waals surface area contributed by atoms with E-state index in [2.05, 4.69) is 10.3 Å². The Hall–Kier alpha value is -2.63. The van der Waals surface area contributed by atoms with Crippen LogP contribution < -0.4 is 10.9 Å². The molecule has 0 radical (unpaired) electrons. The molecule has 2 aromatic heterocycles. The van der Waals surface area contributed by atoms with E-state index >= 15 is 0 Å². The average Bonchev–Trinajstić information content (AvgIpc) is 2.89. The van der Waals surface area contributed by atoms with Gasteiger partial charge in [0.15, 0.2) is 5.78 Å². The van der Waals surface area contributed by atoms with Crippen molar-refractivity contribution >= 4 is 11.7 Å². The minimum atomic E-state index is -0.218. The van der Waals surface area contributed by atoms with Gasteiger partial charge in [-0.3, -0.25) is 14.4 Å². The van der Waals surface area contributed by atoms with Gasteiger partial charge in [0.2, 0.25) is 5.56 Å². The van der Waals surface area contributed by atoms with Crippen molar-refractivity contribution in [1.29, 1.82) is 0 Å². The van der Waals surface area contributed by atoms with E-state index in [9.17, 15) is 14.4 Å². The number of pyridine rings is 1. The predicted molar refractivity (Wildman–Crippen MR) is 85.6 cm³/mol. The molecule has 6 nitrogen and oxygen atoms in total. The molecule has 0 fully saturated rings. The first-order valence-corrected chi connectivity index (χ1v) is 7.66. The largest absolute Gasteiger partial charge is 0.346 e. The zero-order chi connectivity index (χ0) is 16.6. The number of aromatic amines is 1. The van der Waals surface area contributed by atoms with Gasteiger partial charge < -0.3 is 14.9 Å². The van der Waals surface area contributed by atoms with Gasteiger partial charge in [-0.05, 0) is 43.9 Å². The van der Waals surface area contributed by atoms with Crippen molar-refractivity contribution in [3.63, 3.8) is 0 Å². The van der Waals surface area contributed by atoms with Gasteiger partial charge in [0.25, 0.3) is 5.91 Å². The van der Waals surface area contributed by atoms with Crippen LogP contribution >= 0.6 is 0 Å². The number of Topliss-reactive ketones (excluding diaryl/α,β-unsaturated/α-hetero) is 1. The van der Waals surface area contributed by atoms with E-state index in [1.165, 1.54) is 13.0 Å². The fourth-order valence-electron chi connectivity index (χ4n) is 3.07. The average molecular weight is 313 g/mol. The van der Waals surface area contributed by atoms with E-state index in [1.54, 1.807) is 29.9 Å². The van der Waals surface area contributed by atoms with Crippen molar-refractivity contribution in [2.75, 3.05) is 0 Å². The summed E-state index contributed by atoms with van der Waals surface area (Å²) in [6.07, 6.45) is 4.21. The molecular formula is C17H19N3O3. The summed E-state index contributed by atoms with van der Waals surface area (Å²) < 4.78 is 1.66. The second-order valence-electron chi connectivity index (χ2n) is 5.96. The number of amides is 1. The third-order valence-corrected chi connectivity index (χ3v) is 4.28. The number of aryl methyl sites for hydroxylation is 2. The molecule has 0 spiro atoms. The zero-order valence-electron chi connectivity index (χ0n) is 13.2. The van der Waals surface area contributed by atoms with E-state index < -0.39 is 0 Å². The first-order chi connectivity index (χ1) is 11.0. The Morgan fingerprint density at radius 2 is 2.13 bits per heavy atom. The Labute approximate surface area is 133 Å². The molecule has 120 valence electrons. The third kappa shape index (κ3) is 2.97. The van der Waals surface area contributed by atoms with Crippen LogP contribution in [0.2, 0.25) is 0 Å². The lowest BCUT2D eigenvalue weighted by molar-refractivity contribution is 0.0924. The Bertz CT molecular complexity index is 832. The molecule has 1 atom stereocenters. The number of carbonyl (C=O) groups excluding carboxylic acids is 2. The Balaban J connectivity index is 1.84. The van der Waals surface area contributed by atoms with E-state index in [-0.39, 0.29) is 23.3 Å². The summed E-state index contributed by atoms with van der Waals surface area (Å²) in [6, 6.07) is 4.75. The van der Waals surface area contributed by atoms with Gasteiger partial charge in [0, 0.05) is 30.6 Å². The fourth-order valence-corrected chi connectivity index (χ4v) is 3.07. The van der Waals surface area contributed by atoms with Gasteiger partial charge in [0.1, 0.15) is 5.69 Å². The third-order valence-electron chi connectivity index (χ3n) is 4.28. The van der Waals surface area contributed by atoms with Gasteiger partial charge in [-0.1, -0.05) is 0 Å². The number of H-pyrrole nitrogens is 1. The molecule has 6 heteroatoms. The molecule has 23 heavy (non-hydrogen) atoms. The maximum Gasteiger partial charge on any atom is 0.268 e. The van der Waals surface area contributed by atoms with Crippen LogP contribution in [0.1, 0.15) is 57.9 Å². The molecule has 0 saturated carbocycles. The highest BCUT2D eigenvalue weighted by atomic mass is 16.2. The first-order valence-electron chi connectivity index (χ1n) is 7.66. The molecule has 2 N–H and O–H groups in total. The van der Waals surface area contributed by atoms with E-state index in [0.29, 0.717) is 11.3 Å². The lowest BCUT2D eigenvalue weighted by atomic mass is 9.91. The Kier molecular flexibility index (Phi) is 3.90. The topological polar surface area (TPSA) is 84.0 Å². The van der Waals surface area contributed by atoms with Gasteiger partial charge in [-0.25, -0.2) is 0 Å². The number of hydrogen-bond donors (Lipinski definition) is 2. The summed E-state index contributed by atoms with van der Waals surface area (Å²) in [4.78, 5) is 38.2. The number of fused-ring (bicyclic) bond motifs is 1. The maximum absolute atomic E-state index is 12.5. The second-order valence-corrected chi connectivity index (χ2v) is 5.96. The molecule has 1 aliphatic rings. The molecule has 2 heterocycles.